The first-order chi connectivity index (χ1) is 10.2. The van der Waals surface area contributed by atoms with Gasteiger partial charge in [0.2, 0.25) is 5.95 Å². The van der Waals surface area contributed by atoms with Crippen molar-refractivity contribution in [1.29, 1.82) is 0 Å². The van der Waals surface area contributed by atoms with Crippen molar-refractivity contribution in [1.82, 2.24) is 9.97 Å². The number of aliphatic hydroxyl groups excluding tert-OH is 3. The van der Waals surface area contributed by atoms with Crippen LogP contribution in [0.3, 0.4) is 0 Å². The zero-order chi connectivity index (χ0) is 15.3. The van der Waals surface area contributed by atoms with Gasteiger partial charge in [0.05, 0.1) is 25.2 Å². The summed E-state index contributed by atoms with van der Waals surface area (Å²) in [4.78, 5) is 9.59. The lowest BCUT2D eigenvalue weighted by atomic mass is 10.0. The lowest BCUT2D eigenvalue weighted by molar-refractivity contribution is 0.0832. The first kappa shape index (κ1) is 15.9. The zero-order valence-corrected chi connectivity index (χ0v) is 12.7. The molecule has 5 N–H and O–H groups in total. The van der Waals surface area contributed by atoms with Crippen LogP contribution in [0, 0.1) is 0 Å². The zero-order valence-electron chi connectivity index (χ0n) is 11.8. The Balaban J connectivity index is 2.38. The van der Waals surface area contributed by atoms with E-state index in [-0.39, 0.29) is 0 Å². The molecule has 0 spiro atoms. The van der Waals surface area contributed by atoms with Gasteiger partial charge in [-0.3, -0.25) is 0 Å². The Bertz CT molecular complexity index is 578. The van der Waals surface area contributed by atoms with Crippen LogP contribution in [0.2, 0.25) is 0 Å². The summed E-state index contributed by atoms with van der Waals surface area (Å²) in [5.41, 5.74) is -1.22. The summed E-state index contributed by atoms with van der Waals surface area (Å²) in [5.74, 6) is 0.967. The number of aliphatic hydroxyl groups is 3. The largest absolute Gasteiger partial charge is 0.394 e. The smallest absolute Gasteiger partial charge is 0.226 e. The van der Waals surface area contributed by atoms with E-state index in [1.807, 2.05) is 18.4 Å². The van der Waals surface area contributed by atoms with Crippen LogP contribution in [-0.4, -0.2) is 57.2 Å². The fourth-order valence-corrected chi connectivity index (χ4v) is 2.55. The Morgan fingerprint density at radius 2 is 1.90 bits per heavy atom. The third-order valence-corrected chi connectivity index (χ3v) is 3.96. The number of fused-ring (bicyclic) bond motifs is 1. The van der Waals surface area contributed by atoms with Gasteiger partial charge in [0.1, 0.15) is 16.2 Å². The molecule has 0 amide bonds. The minimum atomic E-state index is -1.22. The van der Waals surface area contributed by atoms with Crippen LogP contribution >= 0.6 is 11.3 Å². The maximum absolute atomic E-state index is 9.43. The molecule has 0 aliphatic heterocycles. The van der Waals surface area contributed by atoms with Crippen molar-refractivity contribution < 1.29 is 15.3 Å². The van der Waals surface area contributed by atoms with Crippen molar-refractivity contribution in [3.05, 3.63) is 11.4 Å². The van der Waals surface area contributed by atoms with Crippen LogP contribution in [0.15, 0.2) is 11.4 Å². The SMILES string of the molecule is CCCNc1nc(NC(CO)(CO)CO)c2ccsc2n1. The number of rotatable bonds is 8. The highest BCUT2D eigenvalue weighted by molar-refractivity contribution is 7.16. The molecule has 0 aliphatic rings. The van der Waals surface area contributed by atoms with Gasteiger partial charge in [-0.2, -0.15) is 4.98 Å². The third-order valence-electron chi connectivity index (χ3n) is 3.15. The van der Waals surface area contributed by atoms with Crippen LogP contribution in [0.25, 0.3) is 10.2 Å². The van der Waals surface area contributed by atoms with Gasteiger partial charge in [0.15, 0.2) is 0 Å². The molecule has 0 radical (unpaired) electrons. The Hall–Kier alpha value is -1.48. The summed E-state index contributed by atoms with van der Waals surface area (Å²) in [6.45, 7) is 1.57. The molecular weight excluding hydrogens is 292 g/mol. The first-order valence-electron chi connectivity index (χ1n) is 6.78. The summed E-state index contributed by atoms with van der Waals surface area (Å²) in [6.07, 6.45) is 0.947. The van der Waals surface area contributed by atoms with Crippen LogP contribution in [0.5, 0.6) is 0 Å². The van der Waals surface area contributed by atoms with Crippen molar-refractivity contribution in [2.45, 2.75) is 18.9 Å². The molecule has 21 heavy (non-hydrogen) atoms. The third kappa shape index (κ3) is 3.41. The van der Waals surface area contributed by atoms with Gasteiger partial charge in [-0.1, -0.05) is 6.92 Å². The van der Waals surface area contributed by atoms with Crippen LogP contribution in [-0.2, 0) is 0 Å². The van der Waals surface area contributed by atoms with Crippen LogP contribution < -0.4 is 10.6 Å². The van der Waals surface area contributed by atoms with E-state index in [1.165, 1.54) is 11.3 Å². The molecule has 2 rings (SSSR count). The average molecular weight is 312 g/mol. The summed E-state index contributed by atoms with van der Waals surface area (Å²) >= 11 is 1.48. The van der Waals surface area contributed by atoms with Gasteiger partial charge in [0, 0.05) is 6.54 Å². The molecule has 0 unspecified atom stereocenters. The summed E-state index contributed by atoms with van der Waals surface area (Å²) in [5, 5.41) is 37.1. The highest BCUT2D eigenvalue weighted by atomic mass is 32.1. The normalized spacial score (nSPS) is 11.8. The van der Waals surface area contributed by atoms with Crippen molar-refractivity contribution in [2.75, 3.05) is 37.0 Å². The van der Waals surface area contributed by atoms with E-state index in [0.717, 1.165) is 23.2 Å². The Kier molecular flexibility index (Phi) is 5.29. The molecule has 0 aromatic carbocycles. The Morgan fingerprint density at radius 1 is 1.19 bits per heavy atom. The lowest BCUT2D eigenvalue weighted by Gasteiger charge is -2.29. The molecule has 0 atom stereocenters. The van der Waals surface area contributed by atoms with Gasteiger partial charge in [-0.15, -0.1) is 11.3 Å². The molecule has 0 saturated heterocycles. The minimum absolute atomic E-state index is 0.409. The molecule has 2 aromatic heterocycles. The molecular formula is C13H20N4O3S. The topological polar surface area (TPSA) is 111 Å². The Morgan fingerprint density at radius 3 is 2.52 bits per heavy atom. The summed E-state index contributed by atoms with van der Waals surface area (Å²) in [6, 6.07) is 1.86. The predicted molar refractivity (Wildman–Crippen MR) is 83.8 cm³/mol. The highest BCUT2D eigenvalue weighted by Crippen LogP contribution is 2.28. The van der Waals surface area contributed by atoms with E-state index < -0.39 is 25.4 Å². The van der Waals surface area contributed by atoms with E-state index in [1.54, 1.807) is 0 Å². The van der Waals surface area contributed by atoms with Crippen molar-refractivity contribution in [2.24, 2.45) is 0 Å². The van der Waals surface area contributed by atoms with Gasteiger partial charge in [-0.25, -0.2) is 4.98 Å². The molecule has 0 aliphatic carbocycles. The second-order valence-electron chi connectivity index (χ2n) is 4.84. The lowest BCUT2D eigenvalue weighted by Crippen LogP contribution is -2.49. The number of hydrogen-bond donors (Lipinski definition) is 5. The number of nitrogens with one attached hydrogen (secondary N) is 2. The van der Waals surface area contributed by atoms with Crippen molar-refractivity contribution in [3.63, 3.8) is 0 Å². The summed E-state index contributed by atoms with van der Waals surface area (Å²) in [7, 11) is 0. The van der Waals surface area contributed by atoms with E-state index >= 15 is 0 Å². The quantitative estimate of drug-likeness (QED) is 0.486. The van der Waals surface area contributed by atoms with E-state index in [4.69, 9.17) is 0 Å². The predicted octanol–water partition coefficient (Wildman–Crippen LogP) is 0.641. The Labute approximate surface area is 126 Å². The number of thiophene rings is 1. The van der Waals surface area contributed by atoms with Crippen molar-refractivity contribution in [3.8, 4) is 0 Å². The van der Waals surface area contributed by atoms with Gasteiger partial charge >= 0.3 is 0 Å². The highest BCUT2D eigenvalue weighted by Gasteiger charge is 2.29. The van der Waals surface area contributed by atoms with Crippen molar-refractivity contribution >= 4 is 33.3 Å². The molecule has 7 nitrogen and oxygen atoms in total. The van der Waals surface area contributed by atoms with E-state index in [2.05, 4.69) is 20.6 Å². The fraction of sp³-hybridized carbons (Fsp3) is 0.538. The monoisotopic (exact) mass is 312 g/mol. The molecule has 2 heterocycles. The molecule has 116 valence electrons. The number of nitrogens with zero attached hydrogens (tertiary/aromatic N) is 2. The van der Waals surface area contributed by atoms with Gasteiger partial charge < -0.3 is 26.0 Å². The standard InChI is InChI=1S/C13H20N4O3S/c1-2-4-14-12-15-10(9-3-5-21-11(9)16-12)17-13(6-18,7-19)8-20/h3,5,18-20H,2,4,6-8H2,1H3,(H2,14,15,16,17). The molecule has 8 heteroatoms. The number of aromatic nitrogens is 2. The minimum Gasteiger partial charge on any atom is -0.394 e. The van der Waals surface area contributed by atoms with Gasteiger partial charge in [-0.05, 0) is 17.9 Å². The maximum atomic E-state index is 9.43. The molecule has 2 aromatic rings. The average Bonchev–Trinajstić information content (AvgIpc) is 2.99. The number of anilines is 2. The molecule has 0 saturated carbocycles. The fourth-order valence-electron chi connectivity index (χ4n) is 1.79. The van der Waals surface area contributed by atoms with Crippen LogP contribution in [0.4, 0.5) is 11.8 Å². The molecule has 0 fully saturated rings. The second kappa shape index (κ2) is 6.99. The summed E-state index contributed by atoms with van der Waals surface area (Å²) < 4.78 is 0. The second-order valence-corrected chi connectivity index (χ2v) is 5.74. The van der Waals surface area contributed by atoms with E-state index in [0.29, 0.717) is 11.8 Å². The van der Waals surface area contributed by atoms with Crippen LogP contribution in [0.1, 0.15) is 13.3 Å². The molecule has 0 bridgehead atoms. The number of hydrogen-bond acceptors (Lipinski definition) is 8. The maximum Gasteiger partial charge on any atom is 0.226 e. The van der Waals surface area contributed by atoms with E-state index in [9.17, 15) is 15.3 Å². The van der Waals surface area contributed by atoms with Gasteiger partial charge in [0.25, 0.3) is 0 Å². The first-order valence-corrected chi connectivity index (χ1v) is 7.66.